The van der Waals surface area contributed by atoms with Crippen LogP contribution in [0.2, 0.25) is 0 Å². The molecule has 0 aromatic heterocycles. The number of nitrogens with one attached hydrogen (secondary N) is 4. The highest BCUT2D eigenvalue weighted by Gasteiger charge is 2.16. The van der Waals surface area contributed by atoms with Crippen LogP contribution < -0.4 is 20.7 Å². The molecular weight excluding hydrogens is 460 g/mol. The monoisotopic (exact) mass is 490 g/mol. The molecule has 0 saturated carbocycles. The second kappa shape index (κ2) is 11.5. The predicted octanol–water partition coefficient (Wildman–Crippen LogP) is 2.84. The van der Waals surface area contributed by atoms with E-state index in [1.807, 2.05) is 0 Å². The lowest BCUT2D eigenvalue weighted by molar-refractivity contribution is -0.121. The highest BCUT2D eigenvalue weighted by Crippen LogP contribution is 2.17. The van der Waals surface area contributed by atoms with Gasteiger partial charge in [-0.25, -0.2) is 13.2 Å². The van der Waals surface area contributed by atoms with Crippen LogP contribution in [0.5, 0.6) is 0 Å². The maximum Gasteiger partial charge on any atom is 0.407 e. The molecule has 0 bridgehead atoms. The van der Waals surface area contributed by atoms with Gasteiger partial charge in [0.2, 0.25) is 15.9 Å². The Hall–Kier alpha value is -3.60. The van der Waals surface area contributed by atoms with Crippen LogP contribution in [0, 0.1) is 0 Å². The number of benzene rings is 2. The SMILES string of the molecule is CC(C)(C)OC(=O)NCCC(=O)NCc1ccccc1NC(=O)c1ccc(NS(C)(=O)=O)cc1. The summed E-state index contributed by atoms with van der Waals surface area (Å²) in [5, 5.41) is 8.08. The molecule has 0 fully saturated rings. The molecular formula is C23H30N4O6S. The number of amides is 3. The Morgan fingerprint density at radius 3 is 2.21 bits per heavy atom. The summed E-state index contributed by atoms with van der Waals surface area (Å²) in [4.78, 5) is 36.4. The Morgan fingerprint density at radius 1 is 0.941 bits per heavy atom. The van der Waals surface area contributed by atoms with Gasteiger partial charge in [-0.05, 0) is 56.7 Å². The van der Waals surface area contributed by atoms with Gasteiger partial charge in [0, 0.05) is 36.4 Å². The summed E-state index contributed by atoms with van der Waals surface area (Å²) in [5.74, 6) is -0.655. The third-order valence-corrected chi connectivity index (χ3v) is 4.82. The summed E-state index contributed by atoms with van der Waals surface area (Å²) in [6.07, 6.45) is 0.524. The summed E-state index contributed by atoms with van der Waals surface area (Å²) in [6, 6.07) is 13.0. The van der Waals surface area contributed by atoms with Gasteiger partial charge in [-0.3, -0.25) is 14.3 Å². The van der Waals surface area contributed by atoms with Crippen molar-refractivity contribution in [2.24, 2.45) is 0 Å². The first-order valence-corrected chi connectivity index (χ1v) is 12.4. The molecule has 3 amide bonds. The molecule has 4 N–H and O–H groups in total. The Bertz CT molecular complexity index is 1120. The Kier molecular flexibility index (Phi) is 9.02. The molecule has 0 radical (unpaired) electrons. The third kappa shape index (κ3) is 9.90. The summed E-state index contributed by atoms with van der Waals surface area (Å²) in [7, 11) is -3.41. The molecule has 10 nitrogen and oxygen atoms in total. The molecule has 0 aliphatic carbocycles. The minimum absolute atomic E-state index is 0.0711. The van der Waals surface area contributed by atoms with Crippen LogP contribution in [-0.2, 0) is 26.1 Å². The first-order valence-electron chi connectivity index (χ1n) is 10.5. The molecule has 0 aliphatic rings. The van der Waals surface area contributed by atoms with E-state index in [2.05, 4.69) is 20.7 Å². The average Bonchev–Trinajstić information content (AvgIpc) is 2.71. The van der Waals surface area contributed by atoms with Crippen molar-refractivity contribution in [1.82, 2.24) is 10.6 Å². The van der Waals surface area contributed by atoms with E-state index in [-0.39, 0.29) is 31.3 Å². The van der Waals surface area contributed by atoms with Crippen molar-refractivity contribution in [2.75, 3.05) is 22.8 Å². The lowest BCUT2D eigenvalue weighted by atomic mass is 10.1. The number of anilines is 2. The van der Waals surface area contributed by atoms with E-state index in [0.717, 1.165) is 6.26 Å². The Morgan fingerprint density at radius 2 is 1.59 bits per heavy atom. The molecule has 0 heterocycles. The number of rotatable bonds is 9. The van der Waals surface area contributed by atoms with Gasteiger partial charge >= 0.3 is 6.09 Å². The number of carbonyl (C=O) groups excluding carboxylic acids is 3. The van der Waals surface area contributed by atoms with Crippen LogP contribution in [0.15, 0.2) is 48.5 Å². The molecule has 0 atom stereocenters. The number of carbonyl (C=O) groups is 3. The summed E-state index contributed by atoms with van der Waals surface area (Å²) in [6.45, 7) is 5.56. The Balaban J connectivity index is 1.89. The van der Waals surface area contributed by atoms with E-state index >= 15 is 0 Å². The second-order valence-electron chi connectivity index (χ2n) is 8.52. The molecule has 184 valence electrons. The van der Waals surface area contributed by atoms with Crippen LogP contribution >= 0.6 is 0 Å². The first kappa shape index (κ1) is 26.7. The first-order chi connectivity index (χ1) is 15.8. The van der Waals surface area contributed by atoms with E-state index in [1.54, 1.807) is 45.0 Å². The zero-order valence-corrected chi connectivity index (χ0v) is 20.4. The molecule has 11 heteroatoms. The standard InChI is InChI=1S/C23H30N4O6S/c1-23(2,3)33-22(30)24-14-13-20(28)25-15-17-7-5-6-8-19(17)26-21(29)16-9-11-18(12-10-16)27-34(4,31)32/h5-12,27H,13-15H2,1-4H3,(H,24,30)(H,25,28)(H,26,29). The second-order valence-corrected chi connectivity index (χ2v) is 10.3. The van der Waals surface area contributed by atoms with Crippen LogP contribution in [0.25, 0.3) is 0 Å². The summed E-state index contributed by atoms with van der Waals surface area (Å²) in [5.41, 5.74) is 1.29. The number of hydrogen-bond acceptors (Lipinski definition) is 6. The third-order valence-electron chi connectivity index (χ3n) is 4.21. The quantitative estimate of drug-likeness (QED) is 0.426. The molecule has 2 rings (SSSR count). The lowest BCUT2D eigenvalue weighted by Gasteiger charge is -2.19. The van der Waals surface area contributed by atoms with Gasteiger partial charge in [-0.15, -0.1) is 0 Å². The number of alkyl carbamates (subject to hydrolysis) is 1. The molecule has 0 saturated heterocycles. The van der Waals surface area contributed by atoms with Crippen molar-refractivity contribution in [3.8, 4) is 0 Å². The topological polar surface area (TPSA) is 143 Å². The zero-order valence-electron chi connectivity index (χ0n) is 19.6. The van der Waals surface area contributed by atoms with Gasteiger partial charge < -0.3 is 20.7 Å². The molecule has 0 unspecified atom stereocenters. The maximum atomic E-state index is 12.6. The summed E-state index contributed by atoms with van der Waals surface area (Å²) >= 11 is 0. The fourth-order valence-corrected chi connectivity index (χ4v) is 3.33. The van der Waals surface area contributed by atoms with E-state index in [0.29, 0.717) is 22.5 Å². The predicted molar refractivity (Wildman–Crippen MR) is 130 cm³/mol. The molecule has 34 heavy (non-hydrogen) atoms. The summed E-state index contributed by atoms with van der Waals surface area (Å²) < 4.78 is 30.0. The van der Waals surface area contributed by atoms with Crippen LogP contribution in [0.4, 0.5) is 16.2 Å². The van der Waals surface area contributed by atoms with Crippen molar-refractivity contribution in [2.45, 2.75) is 39.3 Å². The molecule has 2 aromatic carbocycles. The van der Waals surface area contributed by atoms with Gasteiger partial charge in [-0.2, -0.15) is 0 Å². The smallest absolute Gasteiger partial charge is 0.407 e. The van der Waals surface area contributed by atoms with E-state index in [1.165, 1.54) is 24.3 Å². The normalized spacial score (nSPS) is 11.3. The van der Waals surface area contributed by atoms with Gasteiger partial charge in [-0.1, -0.05) is 18.2 Å². The minimum Gasteiger partial charge on any atom is -0.444 e. The Labute approximate surface area is 199 Å². The van der Waals surface area contributed by atoms with Gasteiger partial charge in [0.15, 0.2) is 0 Å². The number of hydrogen-bond donors (Lipinski definition) is 4. The number of sulfonamides is 1. The highest BCUT2D eigenvalue weighted by molar-refractivity contribution is 7.92. The van der Waals surface area contributed by atoms with E-state index in [4.69, 9.17) is 4.74 Å². The van der Waals surface area contributed by atoms with Crippen molar-refractivity contribution in [3.05, 3.63) is 59.7 Å². The van der Waals surface area contributed by atoms with Crippen molar-refractivity contribution < 1.29 is 27.5 Å². The van der Waals surface area contributed by atoms with E-state index in [9.17, 15) is 22.8 Å². The van der Waals surface area contributed by atoms with Gasteiger partial charge in [0.25, 0.3) is 5.91 Å². The van der Waals surface area contributed by atoms with Gasteiger partial charge in [0.05, 0.1) is 6.26 Å². The van der Waals surface area contributed by atoms with Crippen LogP contribution in [0.1, 0.15) is 43.1 Å². The fourth-order valence-electron chi connectivity index (χ4n) is 2.77. The number of ether oxygens (including phenoxy) is 1. The fraction of sp³-hybridized carbons (Fsp3) is 0.348. The maximum absolute atomic E-state index is 12.6. The highest BCUT2D eigenvalue weighted by atomic mass is 32.2. The molecule has 0 spiro atoms. The van der Waals surface area contributed by atoms with Crippen molar-refractivity contribution >= 4 is 39.3 Å². The van der Waals surface area contributed by atoms with Crippen molar-refractivity contribution in [3.63, 3.8) is 0 Å². The minimum atomic E-state index is -3.41. The average molecular weight is 491 g/mol. The number of para-hydroxylation sites is 1. The molecule has 0 aliphatic heterocycles. The van der Waals surface area contributed by atoms with Crippen LogP contribution in [0.3, 0.4) is 0 Å². The van der Waals surface area contributed by atoms with Crippen LogP contribution in [-0.4, -0.2) is 44.7 Å². The van der Waals surface area contributed by atoms with Gasteiger partial charge in [0.1, 0.15) is 5.60 Å². The largest absolute Gasteiger partial charge is 0.444 e. The molecule has 2 aromatic rings. The van der Waals surface area contributed by atoms with E-state index < -0.39 is 21.7 Å². The lowest BCUT2D eigenvalue weighted by Crippen LogP contribution is -2.35. The van der Waals surface area contributed by atoms with Crippen molar-refractivity contribution in [1.29, 1.82) is 0 Å². The zero-order chi connectivity index (χ0) is 25.4.